The highest BCUT2D eigenvalue weighted by molar-refractivity contribution is 5.85. The van der Waals surface area contributed by atoms with Crippen molar-refractivity contribution in [2.45, 2.75) is 18.6 Å². The molecule has 1 N–H and O–H groups in total. The maximum absolute atomic E-state index is 12.5. The van der Waals surface area contributed by atoms with Gasteiger partial charge in [-0.1, -0.05) is 17.3 Å². The zero-order valence-corrected chi connectivity index (χ0v) is 13.8. The van der Waals surface area contributed by atoms with Crippen LogP contribution in [0, 0.1) is 0 Å². The highest BCUT2D eigenvalue weighted by atomic mass is 35.5. The van der Waals surface area contributed by atoms with Gasteiger partial charge in [0.1, 0.15) is 0 Å². The topological polar surface area (TPSA) is 54.2 Å². The molecule has 9 heteroatoms. The van der Waals surface area contributed by atoms with Gasteiger partial charge in [0.25, 0.3) is 0 Å². The summed E-state index contributed by atoms with van der Waals surface area (Å²) >= 11 is 0. The minimum Gasteiger partial charge on any atom is -0.339 e. The van der Waals surface area contributed by atoms with Crippen LogP contribution in [0.4, 0.5) is 13.2 Å². The third kappa shape index (κ3) is 4.25. The van der Waals surface area contributed by atoms with Crippen LogP contribution in [0.2, 0.25) is 0 Å². The average Bonchev–Trinajstić information content (AvgIpc) is 2.95. The SMILES string of the molecule is CN1CCNCC1c1noc(Cc2ccc(C(F)(F)F)cc2)n1.Cl. The van der Waals surface area contributed by atoms with Crippen molar-refractivity contribution < 1.29 is 17.7 Å². The number of aromatic nitrogens is 2. The summed E-state index contributed by atoms with van der Waals surface area (Å²) in [4.78, 5) is 6.51. The fourth-order valence-electron chi connectivity index (χ4n) is 2.56. The van der Waals surface area contributed by atoms with Crippen LogP contribution in [0.5, 0.6) is 0 Å². The number of piperazine rings is 1. The van der Waals surface area contributed by atoms with Crippen molar-refractivity contribution in [2.75, 3.05) is 26.7 Å². The first-order chi connectivity index (χ1) is 10.9. The number of alkyl halides is 3. The normalized spacial score (nSPS) is 19.1. The molecule has 1 aliphatic rings. The lowest BCUT2D eigenvalue weighted by Crippen LogP contribution is -2.44. The lowest BCUT2D eigenvalue weighted by molar-refractivity contribution is -0.137. The average molecular weight is 363 g/mol. The molecule has 1 aromatic carbocycles. The Kier molecular flexibility index (Phi) is 5.84. The number of rotatable bonds is 3. The molecule has 0 radical (unpaired) electrons. The molecule has 2 aromatic rings. The monoisotopic (exact) mass is 362 g/mol. The second-order valence-corrected chi connectivity index (χ2v) is 5.62. The van der Waals surface area contributed by atoms with Crippen molar-refractivity contribution in [1.29, 1.82) is 0 Å². The van der Waals surface area contributed by atoms with Crippen molar-refractivity contribution in [3.63, 3.8) is 0 Å². The van der Waals surface area contributed by atoms with Gasteiger partial charge in [0.05, 0.1) is 18.0 Å². The molecule has 1 aliphatic heterocycles. The van der Waals surface area contributed by atoms with Crippen molar-refractivity contribution in [2.24, 2.45) is 0 Å². The van der Waals surface area contributed by atoms with Crippen molar-refractivity contribution in [1.82, 2.24) is 20.4 Å². The van der Waals surface area contributed by atoms with E-state index < -0.39 is 11.7 Å². The lowest BCUT2D eigenvalue weighted by atomic mass is 10.1. The van der Waals surface area contributed by atoms with Gasteiger partial charge >= 0.3 is 6.18 Å². The second-order valence-electron chi connectivity index (χ2n) is 5.62. The molecule has 0 saturated carbocycles. The molecule has 0 amide bonds. The van der Waals surface area contributed by atoms with E-state index in [-0.39, 0.29) is 18.4 Å². The van der Waals surface area contributed by atoms with Crippen LogP contribution in [0.3, 0.4) is 0 Å². The van der Waals surface area contributed by atoms with E-state index in [0.717, 1.165) is 31.8 Å². The zero-order chi connectivity index (χ0) is 16.4. The van der Waals surface area contributed by atoms with Gasteiger partial charge in [-0.25, -0.2) is 0 Å². The number of halogens is 4. The summed E-state index contributed by atoms with van der Waals surface area (Å²) in [6.07, 6.45) is -4.01. The van der Waals surface area contributed by atoms with E-state index in [0.29, 0.717) is 23.7 Å². The molecule has 0 aliphatic carbocycles. The molecular weight excluding hydrogens is 345 g/mol. The van der Waals surface area contributed by atoms with E-state index in [9.17, 15) is 13.2 Å². The van der Waals surface area contributed by atoms with Gasteiger partial charge in [0.2, 0.25) is 5.89 Å². The standard InChI is InChI=1S/C15H17F3N4O.ClH/c1-22-7-6-19-9-12(22)14-20-13(23-21-14)8-10-2-4-11(5-3-10)15(16,17)18;/h2-5,12,19H,6-9H2,1H3;1H. The first-order valence-electron chi connectivity index (χ1n) is 7.33. The van der Waals surface area contributed by atoms with Gasteiger partial charge in [0, 0.05) is 19.6 Å². The predicted octanol–water partition coefficient (Wildman–Crippen LogP) is 2.68. The number of benzene rings is 1. The van der Waals surface area contributed by atoms with Crippen molar-refractivity contribution in [3.05, 3.63) is 47.1 Å². The first-order valence-corrected chi connectivity index (χ1v) is 7.33. The molecule has 24 heavy (non-hydrogen) atoms. The third-order valence-electron chi connectivity index (χ3n) is 3.93. The van der Waals surface area contributed by atoms with E-state index in [4.69, 9.17) is 4.52 Å². The summed E-state index contributed by atoms with van der Waals surface area (Å²) in [6.45, 7) is 2.56. The molecule has 3 rings (SSSR count). The van der Waals surface area contributed by atoms with Gasteiger partial charge in [-0.15, -0.1) is 12.4 Å². The van der Waals surface area contributed by atoms with Crippen LogP contribution in [0.15, 0.2) is 28.8 Å². The van der Waals surface area contributed by atoms with Crippen molar-refractivity contribution in [3.8, 4) is 0 Å². The molecule has 2 heterocycles. The van der Waals surface area contributed by atoms with E-state index in [1.165, 1.54) is 12.1 Å². The Morgan fingerprint density at radius 2 is 2.00 bits per heavy atom. The molecule has 1 unspecified atom stereocenters. The van der Waals surface area contributed by atoms with Gasteiger partial charge in [-0.3, -0.25) is 4.90 Å². The van der Waals surface area contributed by atoms with E-state index >= 15 is 0 Å². The summed E-state index contributed by atoms with van der Waals surface area (Å²) in [6, 6.07) is 5.03. The molecule has 0 spiro atoms. The van der Waals surface area contributed by atoms with Crippen molar-refractivity contribution >= 4 is 12.4 Å². The summed E-state index contributed by atoms with van der Waals surface area (Å²) in [5, 5.41) is 7.27. The molecule has 1 aromatic heterocycles. The number of nitrogens with zero attached hydrogens (tertiary/aromatic N) is 3. The maximum Gasteiger partial charge on any atom is 0.416 e. The highest BCUT2D eigenvalue weighted by Gasteiger charge is 2.30. The molecule has 132 valence electrons. The number of nitrogens with one attached hydrogen (secondary N) is 1. The number of hydrogen-bond donors (Lipinski definition) is 1. The van der Waals surface area contributed by atoms with E-state index in [1.54, 1.807) is 0 Å². The highest BCUT2D eigenvalue weighted by Crippen LogP contribution is 2.29. The minimum atomic E-state index is -4.32. The maximum atomic E-state index is 12.5. The molecule has 5 nitrogen and oxygen atoms in total. The molecule has 1 fully saturated rings. The van der Waals surface area contributed by atoms with Crippen LogP contribution in [0.25, 0.3) is 0 Å². The quantitative estimate of drug-likeness (QED) is 0.909. The van der Waals surface area contributed by atoms with Gasteiger partial charge in [-0.05, 0) is 24.7 Å². The third-order valence-corrected chi connectivity index (χ3v) is 3.93. The molecule has 1 atom stereocenters. The summed E-state index contributed by atoms with van der Waals surface area (Å²) < 4.78 is 42.9. The Hall–Kier alpha value is -1.64. The molecule has 1 saturated heterocycles. The largest absolute Gasteiger partial charge is 0.416 e. The molecule has 0 bridgehead atoms. The summed E-state index contributed by atoms with van der Waals surface area (Å²) in [5.41, 5.74) is 0.0331. The summed E-state index contributed by atoms with van der Waals surface area (Å²) in [5.74, 6) is 1.00. The van der Waals surface area contributed by atoms with Gasteiger partial charge < -0.3 is 9.84 Å². The summed E-state index contributed by atoms with van der Waals surface area (Å²) in [7, 11) is 2.00. The Morgan fingerprint density at radius 3 is 2.62 bits per heavy atom. The van der Waals surface area contributed by atoms with E-state index in [1.807, 2.05) is 7.05 Å². The number of likely N-dealkylation sites (N-methyl/N-ethyl adjacent to an activating group) is 1. The zero-order valence-electron chi connectivity index (χ0n) is 13.0. The second kappa shape index (κ2) is 7.50. The lowest BCUT2D eigenvalue weighted by Gasteiger charge is -2.30. The Bertz CT molecular complexity index is 659. The van der Waals surface area contributed by atoms with Crippen LogP contribution in [-0.2, 0) is 12.6 Å². The minimum absolute atomic E-state index is 0. The van der Waals surface area contributed by atoms with Crippen LogP contribution in [-0.4, -0.2) is 41.7 Å². The van der Waals surface area contributed by atoms with E-state index in [2.05, 4.69) is 20.4 Å². The Labute approximate surface area is 143 Å². The Morgan fingerprint density at radius 1 is 1.29 bits per heavy atom. The van der Waals surface area contributed by atoms with Crippen LogP contribution in [0.1, 0.15) is 28.9 Å². The van der Waals surface area contributed by atoms with Gasteiger partial charge in [0.15, 0.2) is 5.82 Å². The predicted molar refractivity (Wildman–Crippen MR) is 84.0 cm³/mol. The Balaban J connectivity index is 0.00000208. The fraction of sp³-hybridized carbons (Fsp3) is 0.467. The first kappa shape index (κ1) is 18.7. The fourth-order valence-corrected chi connectivity index (χ4v) is 2.56. The van der Waals surface area contributed by atoms with Crippen LogP contribution >= 0.6 is 12.4 Å². The smallest absolute Gasteiger partial charge is 0.339 e. The molecular formula is C15H18ClF3N4O. The van der Waals surface area contributed by atoms with Crippen LogP contribution < -0.4 is 5.32 Å². The number of hydrogen-bond acceptors (Lipinski definition) is 5. The van der Waals surface area contributed by atoms with Gasteiger partial charge in [-0.2, -0.15) is 18.2 Å².